The van der Waals surface area contributed by atoms with Crippen LogP contribution in [0.1, 0.15) is 70.4 Å². The predicted molar refractivity (Wildman–Crippen MR) is 113 cm³/mol. The molecular weight excluding hydrogens is 415 g/mol. The summed E-state index contributed by atoms with van der Waals surface area (Å²) in [6.45, 7) is 7.70. The van der Waals surface area contributed by atoms with Gasteiger partial charge in [0, 0.05) is 0 Å². The van der Waals surface area contributed by atoms with Gasteiger partial charge < -0.3 is 0 Å². The van der Waals surface area contributed by atoms with Gasteiger partial charge in [0.1, 0.15) is 0 Å². The average molecular weight is 451 g/mol. The van der Waals surface area contributed by atoms with Crippen LogP contribution in [0.2, 0.25) is 13.3 Å². The summed E-state index contributed by atoms with van der Waals surface area (Å²) < 4.78 is 13.7. The topological polar surface area (TPSA) is 9.23 Å². The second-order valence-corrected chi connectivity index (χ2v) is 19.9. The summed E-state index contributed by atoms with van der Waals surface area (Å²) >= 11 is -2.31. The van der Waals surface area contributed by atoms with E-state index in [-0.39, 0.29) is 0 Å². The van der Waals surface area contributed by atoms with E-state index in [4.69, 9.17) is 4.43 Å². The van der Waals surface area contributed by atoms with Gasteiger partial charge in [0.25, 0.3) is 0 Å². The van der Waals surface area contributed by atoms with Crippen LogP contribution in [-0.4, -0.2) is 28.9 Å². The summed E-state index contributed by atoms with van der Waals surface area (Å²) in [5.74, 6) is 3.59. The van der Waals surface area contributed by atoms with E-state index in [1.807, 2.05) is 0 Å². The minimum atomic E-state index is -2.31. The molecule has 1 aromatic carbocycles. The Hall–Kier alpha value is -0.244. The van der Waals surface area contributed by atoms with Crippen LogP contribution in [0.3, 0.4) is 0 Å². The van der Waals surface area contributed by atoms with Crippen molar-refractivity contribution in [3.05, 3.63) is 35.4 Å². The Kier molecular flexibility index (Phi) is 11.8. The first-order valence-corrected chi connectivity index (χ1v) is 18.1. The van der Waals surface area contributed by atoms with Gasteiger partial charge in [0.05, 0.1) is 0 Å². The fourth-order valence-electron chi connectivity index (χ4n) is 3.16. The van der Waals surface area contributed by atoms with Crippen molar-refractivity contribution in [3.63, 3.8) is 0 Å². The fourth-order valence-corrected chi connectivity index (χ4v) is 16.7. The van der Waals surface area contributed by atoms with Crippen LogP contribution < -0.4 is 0 Å². The summed E-state index contributed by atoms with van der Waals surface area (Å²) in [7, 11) is 0.799. The zero-order valence-electron chi connectivity index (χ0n) is 16.3. The minimum absolute atomic E-state index is 0.743. The van der Waals surface area contributed by atoms with E-state index in [1.165, 1.54) is 63.0 Å². The number of unbranched alkanes of at least 4 members (excludes halogenated alkanes) is 3. The van der Waals surface area contributed by atoms with Gasteiger partial charge in [0.15, 0.2) is 0 Å². The van der Waals surface area contributed by atoms with Crippen LogP contribution in [0.4, 0.5) is 0 Å². The van der Waals surface area contributed by atoms with Crippen molar-refractivity contribution in [3.8, 4) is 9.86 Å². The zero-order valence-corrected chi connectivity index (χ0v) is 21.1. The van der Waals surface area contributed by atoms with Gasteiger partial charge in [-0.05, 0) is 0 Å². The third-order valence-corrected chi connectivity index (χ3v) is 18.1. The van der Waals surface area contributed by atoms with Gasteiger partial charge >= 0.3 is 158 Å². The van der Waals surface area contributed by atoms with Crippen LogP contribution in [0.15, 0.2) is 24.3 Å². The molecular formula is C21H36OSiSn. The van der Waals surface area contributed by atoms with Crippen LogP contribution in [0.5, 0.6) is 0 Å². The molecule has 3 heteroatoms. The summed E-state index contributed by atoms with van der Waals surface area (Å²) in [5, 5.41) is 0. The van der Waals surface area contributed by atoms with Crippen LogP contribution in [0, 0.1) is 9.86 Å². The second kappa shape index (κ2) is 13.0. The summed E-state index contributed by atoms with van der Waals surface area (Å²) in [4.78, 5) is 0. The van der Waals surface area contributed by atoms with Gasteiger partial charge in [-0.1, -0.05) is 0 Å². The van der Waals surface area contributed by atoms with E-state index in [9.17, 15) is 0 Å². The second-order valence-electron chi connectivity index (χ2n) is 6.97. The third kappa shape index (κ3) is 8.23. The SMILES string of the molecule is CCC[CH2][Sn]([C]#Cc1ccc(CO[SiH3])cc1)([CH2]CCC)[CH2]CCC. The number of benzene rings is 1. The Balaban J connectivity index is 2.95. The molecule has 0 spiro atoms. The zero-order chi connectivity index (χ0) is 17.7. The molecule has 0 saturated carbocycles. The Morgan fingerprint density at radius 1 is 0.875 bits per heavy atom. The quantitative estimate of drug-likeness (QED) is 0.331. The molecule has 0 aliphatic carbocycles. The normalized spacial score (nSPS) is 11.3. The summed E-state index contributed by atoms with van der Waals surface area (Å²) in [6, 6.07) is 8.70. The molecule has 24 heavy (non-hydrogen) atoms. The molecule has 0 aromatic heterocycles. The third-order valence-electron chi connectivity index (χ3n) is 4.76. The molecule has 134 valence electrons. The molecule has 1 rings (SSSR count). The molecule has 0 heterocycles. The predicted octanol–water partition coefficient (Wildman–Crippen LogP) is 5.22. The fraction of sp³-hybridized carbons (Fsp3) is 0.619. The number of hydrogen-bond acceptors (Lipinski definition) is 1. The Morgan fingerprint density at radius 3 is 1.79 bits per heavy atom. The molecule has 0 saturated heterocycles. The van der Waals surface area contributed by atoms with Gasteiger partial charge in [-0.15, -0.1) is 0 Å². The molecule has 0 aliphatic heterocycles. The maximum atomic E-state index is 5.33. The van der Waals surface area contributed by atoms with Gasteiger partial charge in [-0.2, -0.15) is 0 Å². The number of hydrogen-bond donors (Lipinski definition) is 0. The van der Waals surface area contributed by atoms with Crippen LogP contribution >= 0.6 is 0 Å². The first kappa shape index (κ1) is 21.8. The molecule has 1 aromatic rings. The molecule has 1 nitrogen and oxygen atoms in total. The van der Waals surface area contributed by atoms with Crippen molar-refractivity contribution in [2.45, 2.75) is 79.2 Å². The Bertz CT molecular complexity index is 479. The van der Waals surface area contributed by atoms with Crippen molar-refractivity contribution in [2.75, 3.05) is 0 Å². The van der Waals surface area contributed by atoms with Gasteiger partial charge in [-0.25, -0.2) is 0 Å². The van der Waals surface area contributed by atoms with Crippen molar-refractivity contribution >= 4 is 28.9 Å². The first-order chi connectivity index (χ1) is 11.7. The van der Waals surface area contributed by atoms with E-state index in [0.29, 0.717) is 0 Å². The van der Waals surface area contributed by atoms with E-state index in [1.54, 1.807) is 0 Å². The van der Waals surface area contributed by atoms with Gasteiger partial charge in [-0.3, -0.25) is 0 Å². The molecule has 0 bridgehead atoms. The van der Waals surface area contributed by atoms with E-state index in [0.717, 1.165) is 17.1 Å². The van der Waals surface area contributed by atoms with E-state index < -0.39 is 18.4 Å². The van der Waals surface area contributed by atoms with E-state index in [2.05, 4.69) is 54.9 Å². The summed E-state index contributed by atoms with van der Waals surface area (Å²) in [6.07, 6.45) is 8.09. The molecule has 0 N–H and O–H groups in total. The van der Waals surface area contributed by atoms with Crippen molar-refractivity contribution in [1.82, 2.24) is 0 Å². The van der Waals surface area contributed by atoms with Gasteiger partial charge in [0.2, 0.25) is 0 Å². The van der Waals surface area contributed by atoms with Crippen LogP contribution in [-0.2, 0) is 11.0 Å². The number of rotatable bonds is 11. The standard InChI is InChI=1S/C9H9OSi.3C4H9.Sn/c1-2-8-3-5-9(6-4-8)7-10-11;3*1-3-4-2;/h3-6H,7H2,11H3;3*1,3-4H2,2H3;. The summed E-state index contributed by atoms with van der Waals surface area (Å²) in [5.41, 5.74) is 2.45. The van der Waals surface area contributed by atoms with E-state index >= 15 is 0 Å². The molecule has 0 unspecified atom stereocenters. The first-order valence-electron chi connectivity index (χ1n) is 9.80. The van der Waals surface area contributed by atoms with Crippen molar-refractivity contribution < 1.29 is 4.43 Å². The molecule has 0 aliphatic rings. The molecule has 0 fully saturated rings. The monoisotopic (exact) mass is 452 g/mol. The van der Waals surface area contributed by atoms with Crippen molar-refractivity contribution in [2.24, 2.45) is 0 Å². The Labute approximate surface area is 157 Å². The van der Waals surface area contributed by atoms with Crippen LogP contribution in [0.25, 0.3) is 0 Å². The average Bonchev–Trinajstić information content (AvgIpc) is 2.62. The molecule has 0 atom stereocenters. The molecule has 0 radical (unpaired) electrons. The molecule has 0 amide bonds. The Morgan fingerprint density at radius 2 is 1.38 bits per heavy atom. The maximum absolute atomic E-state index is 5.33. The van der Waals surface area contributed by atoms with Crippen molar-refractivity contribution in [1.29, 1.82) is 0 Å².